The predicted octanol–water partition coefficient (Wildman–Crippen LogP) is 0.806. The molecule has 0 saturated carbocycles. The van der Waals surface area contributed by atoms with Gasteiger partial charge in [-0.25, -0.2) is 0 Å². The van der Waals surface area contributed by atoms with Crippen LogP contribution in [-0.2, 0) is 14.2 Å². The molecule has 4 nitrogen and oxygen atoms in total. The first kappa shape index (κ1) is 12.9. The van der Waals surface area contributed by atoms with Gasteiger partial charge < -0.3 is 19.5 Å². The zero-order chi connectivity index (χ0) is 10.9. The summed E-state index contributed by atoms with van der Waals surface area (Å²) in [7, 11) is 1.71. The van der Waals surface area contributed by atoms with E-state index in [9.17, 15) is 0 Å². The summed E-state index contributed by atoms with van der Waals surface area (Å²) in [6.07, 6.45) is 2.88. The van der Waals surface area contributed by atoms with Gasteiger partial charge in [-0.15, -0.1) is 0 Å². The second kappa shape index (κ2) is 8.05. The van der Waals surface area contributed by atoms with Crippen LogP contribution in [-0.4, -0.2) is 52.2 Å². The molecule has 2 unspecified atom stereocenters. The smallest absolute Gasteiger partial charge is 0.0809 e. The molecule has 0 aromatic heterocycles. The van der Waals surface area contributed by atoms with E-state index >= 15 is 0 Å². The summed E-state index contributed by atoms with van der Waals surface area (Å²) in [5, 5.41) is 3.27. The minimum Gasteiger partial charge on any atom is -0.383 e. The number of nitrogens with one attached hydrogen (secondary N) is 1. The van der Waals surface area contributed by atoms with Gasteiger partial charge in [-0.3, -0.25) is 0 Å². The standard InChI is InChI=1S/C11H23NO3/c1-10(8-12-5-7-13-2)15-9-11-4-3-6-14-11/h10-12H,3-9H2,1-2H3. The van der Waals surface area contributed by atoms with Crippen LogP contribution in [0.4, 0.5) is 0 Å². The van der Waals surface area contributed by atoms with Gasteiger partial charge in [0, 0.05) is 26.8 Å². The summed E-state index contributed by atoms with van der Waals surface area (Å²) in [6, 6.07) is 0. The highest BCUT2D eigenvalue weighted by atomic mass is 16.5. The molecule has 1 N–H and O–H groups in total. The fourth-order valence-corrected chi connectivity index (χ4v) is 1.59. The van der Waals surface area contributed by atoms with Gasteiger partial charge in [0.1, 0.15) is 0 Å². The highest BCUT2D eigenvalue weighted by Gasteiger charge is 2.16. The third-order valence-electron chi connectivity index (χ3n) is 2.51. The lowest BCUT2D eigenvalue weighted by atomic mass is 10.2. The summed E-state index contributed by atoms with van der Waals surface area (Å²) < 4.78 is 16.1. The Hall–Kier alpha value is -0.160. The summed E-state index contributed by atoms with van der Waals surface area (Å²) in [5.74, 6) is 0. The fraction of sp³-hybridized carbons (Fsp3) is 1.00. The lowest BCUT2D eigenvalue weighted by Crippen LogP contribution is -2.31. The Bertz CT molecular complexity index is 149. The quantitative estimate of drug-likeness (QED) is 0.611. The zero-order valence-corrected chi connectivity index (χ0v) is 9.83. The van der Waals surface area contributed by atoms with Crippen molar-refractivity contribution in [3.63, 3.8) is 0 Å². The Morgan fingerprint density at radius 3 is 3.07 bits per heavy atom. The molecular formula is C11H23NO3. The Kier molecular flexibility index (Phi) is 6.92. The molecule has 0 aromatic rings. The van der Waals surface area contributed by atoms with Crippen molar-refractivity contribution in [3.8, 4) is 0 Å². The largest absolute Gasteiger partial charge is 0.383 e. The molecule has 1 aliphatic rings. The van der Waals surface area contributed by atoms with Crippen molar-refractivity contribution in [3.05, 3.63) is 0 Å². The number of rotatable bonds is 8. The van der Waals surface area contributed by atoms with E-state index in [0.29, 0.717) is 6.10 Å². The molecule has 4 heteroatoms. The first-order valence-corrected chi connectivity index (χ1v) is 5.75. The van der Waals surface area contributed by atoms with Gasteiger partial charge in [0.25, 0.3) is 0 Å². The molecule has 0 aromatic carbocycles. The highest BCUT2D eigenvalue weighted by Crippen LogP contribution is 2.12. The number of ether oxygens (including phenoxy) is 3. The Balaban J connectivity index is 1.90. The van der Waals surface area contributed by atoms with E-state index in [1.165, 1.54) is 6.42 Å². The minimum absolute atomic E-state index is 0.242. The van der Waals surface area contributed by atoms with E-state index in [1.54, 1.807) is 7.11 Å². The van der Waals surface area contributed by atoms with E-state index in [1.807, 2.05) is 0 Å². The Labute approximate surface area is 92.3 Å². The van der Waals surface area contributed by atoms with Crippen LogP contribution >= 0.6 is 0 Å². The molecule has 1 heterocycles. The molecule has 0 radical (unpaired) electrons. The summed E-state index contributed by atoms with van der Waals surface area (Å²) in [6.45, 7) is 6.20. The molecule has 15 heavy (non-hydrogen) atoms. The second-order valence-electron chi connectivity index (χ2n) is 3.98. The summed E-state index contributed by atoms with van der Waals surface area (Å²) >= 11 is 0. The van der Waals surface area contributed by atoms with Gasteiger partial charge in [-0.05, 0) is 19.8 Å². The van der Waals surface area contributed by atoms with Crippen LogP contribution in [0.2, 0.25) is 0 Å². The van der Waals surface area contributed by atoms with E-state index in [0.717, 1.165) is 39.3 Å². The van der Waals surface area contributed by atoms with Crippen molar-refractivity contribution in [2.75, 3.05) is 40.0 Å². The molecule has 2 atom stereocenters. The van der Waals surface area contributed by atoms with E-state index in [4.69, 9.17) is 14.2 Å². The summed E-state index contributed by atoms with van der Waals surface area (Å²) in [4.78, 5) is 0. The first-order valence-electron chi connectivity index (χ1n) is 5.75. The van der Waals surface area contributed by atoms with Crippen LogP contribution in [0.15, 0.2) is 0 Å². The molecule has 1 fully saturated rings. The van der Waals surface area contributed by atoms with Gasteiger partial charge in [0.2, 0.25) is 0 Å². The SMILES string of the molecule is COCCNCC(C)OCC1CCCO1. The van der Waals surface area contributed by atoms with Gasteiger partial charge in [-0.1, -0.05) is 0 Å². The lowest BCUT2D eigenvalue weighted by molar-refractivity contribution is -0.0135. The Morgan fingerprint density at radius 1 is 1.53 bits per heavy atom. The van der Waals surface area contributed by atoms with Crippen molar-refractivity contribution < 1.29 is 14.2 Å². The van der Waals surface area contributed by atoms with Gasteiger partial charge in [-0.2, -0.15) is 0 Å². The van der Waals surface area contributed by atoms with Gasteiger partial charge >= 0.3 is 0 Å². The zero-order valence-electron chi connectivity index (χ0n) is 9.83. The van der Waals surface area contributed by atoms with Crippen molar-refractivity contribution in [1.82, 2.24) is 5.32 Å². The van der Waals surface area contributed by atoms with Crippen LogP contribution in [0.25, 0.3) is 0 Å². The van der Waals surface area contributed by atoms with Crippen molar-refractivity contribution in [1.29, 1.82) is 0 Å². The van der Waals surface area contributed by atoms with E-state index in [-0.39, 0.29) is 6.10 Å². The molecule has 0 aliphatic carbocycles. The van der Waals surface area contributed by atoms with Gasteiger partial charge in [0.05, 0.1) is 25.4 Å². The number of hydrogen-bond donors (Lipinski definition) is 1. The third-order valence-corrected chi connectivity index (χ3v) is 2.51. The molecule has 90 valence electrons. The average Bonchev–Trinajstić information content (AvgIpc) is 2.74. The maximum Gasteiger partial charge on any atom is 0.0809 e. The number of methoxy groups -OCH3 is 1. The molecule has 1 saturated heterocycles. The first-order chi connectivity index (χ1) is 7.33. The number of hydrogen-bond acceptors (Lipinski definition) is 4. The van der Waals surface area contributed by atoms with Crippen LogP contribution in [0.1, 0.15) is 19.8 Å². The van der Waals surface area contributed by atoms with Crippen molar-refractivity contribution >= 4 is 0 Å². The molecule has 0 bridgehead atoms. The van der Waals surface area contributed by atoms with Crippen LogP contribution in [0.5, 0.6) is 0 Å². The van der Waals surface area contributed by atoms with E-state index < -0.39 is 0 Å². The summed E-state index contributed by atoms with van der Waals surface area (Å²) in [5.41, 5.74) is 0. The van der Waals surface area contributed by atoms with Gasteiger partial charge in [0.15, 0.2) is 0 Å². The molecule has 0 amide bonds. The molecule has 0 spiro atoms. The van der Waals surface area contributed by atoms with Crippen molar-refractivity contribution in [2.45, 2.75) is 32.0 Å². The fourth-order valence-electron chi connectivity index (χ4n) is 1.59. The van der Waals surface area contributed by atoms with Crippen molar-refractivity contribution in [2.24, 2.45) is 0 Å². The highest BCUT2D eigenvalue weighted by molar-refractivity contribution is 4.65. The monoisotopic (exact) mass is 217 g/mol. The average molecular weight is 217 g/mol. The third kappa shape index (κ3) is 6.10. The van der Waals surface area contributed by atoms with Crippen LogP contribution in [0.3, 0.4) is 0 Å². The normalized spacial score (nSPS) is 23.2. The predicted molar refractivity (Wildman–Crippen MR) is 59.1 cm³/mol. The minimum atomic E-state index is 0.242. The van der Waals surface area contributed by atoms with Crippen LogP contribution in [0, 0.1) is 0 Å². The topological polar surface area (TPSA) is 39.7 Å². The Morgan fingerprint density at radius 2 is 2.40 bits per heavy atom. The molecule has 1 aliphatic heterocycles. The maximum absolute atomic E-state index is 5.68. The lowest BCUT2D eigenvalue weighted by Gasteiger charge is -2.16. The second-order valence-corrected chi connectivity index (χ2v) is 3.98. The van der Waals surface area contributed by atoms with E-state index in [2.05, 4.69) is 12.2 Å². The molecule has 1 rings (SSSR count). The maximum atomic E-state index is 5.68. The van der Waals surface area contributed by atoms with Crippen LogP contribution < -0.4 is 5.32 Å². The molecular weight excluding hydrogens is 194 g/mol.